The van der Waals surface area contributed by atoms with Crippen molar-refractivity contribution in [2.75, 3.05) is 11.9 Å². The minimum Gasteiger partial charge on any atom is -0.368 e. The first-order valence-electron chi connectivity index (χ1n) is 3.96. The van der Waals surface area contributed by atoms with Gasteiger partial charge >= 0.3 is 0 Å². The summed E-state index contributed by atoms with van der Waals surface area (Å²) in [6.45, 7) is 0. The number of hydrogen-bond donors (Lipinski definition) is 2. The minimum absolute atomic E-state index is 0.195. The van der Waals surface area contributed by atoms with E-state index in [1.165, 1.54) is 0 Å². The van der Waals surface area contributed by atoms with Crippen molar-refractivity contribution in [1.82, 2.24) is 0 Å². The fourth-order valence-corrected chi connectivity index (χ4v) is 1.00. The average molecular weight is 189 g/mol. The summed E-state index contributed by atoms with van der Waals surface area (Å²) in [7, 11) is 1.72. The molecule has 14 heavy (non-hydrogen) atoms. The molecule has 4 N–H and O–H groups in total. The number of hydrogen-bond acceptors (Lipinski definition) is 3. The van der Waals surface area contributed by atoms with Gasteiger partial charge in [-0.1, -0.05) is 6.07 Å². The van der Waals surface area contributed by atoms with Gasteiger partial charge in [-0.25, -0.2) is 0 Å². The van der Waals surface area contributed by atoms with E-state index in [-0.39, 0.29) is 5.96 Å². The molecule has 0 amide bonds. The maximum absolute atomic E-state index is 8.68. The predicted octanol–water partition coefficient (Wildman–Crippen LogP) is 0.183. The number of nitrogens with zero attached hydrogens (tertiary/aromatic N) is 3. The molecule has 0 unspecified atom stereocenters. The van der Waals surface area contributed by atoms with Crippen LogP contribution in [0.4, 0.5) is 5.69 Å². The Morgan fingerprint density at radius 1 is 1.57 bits per heavy atom. The molecule has 0 aliphatic carbocycles. The lowest BCUT2D eigenvalue weighted by molar-refractivity contribution is 1.14. The van der Waals surface area contributed by atoms with Gasteiger partial charge in [-0.05, 0) is 18.2 Å². The van der Waals surface area contributed by atoms with Gasteiger partial charge in [0.1, 0.15) is 0 Å². The number of nitrogens with two attached hydrogens (primary N) is 2. The maximum atomic E-state index is 8.68. The Kier molecular flexibility index (Phi) is 2.92. The zero-order valence-corrected chi connectivity index (χ0v) is 7.81. The molecule has 0 fully saturated rings. The van der Waals surface area contributed by atoms with E-state index >= 15 is 0 Å². The molecule has 5 nitrogen and oxygen atoms in total. The first-order valence-corrected chi connectivity index (χ1v) is 3.96. The van der Waals surface area contributed by atoms with E-state index in [9.17, 15) is 0 Å². The molecule has 5 heteroatoms. The highest BCUT2D eigenvalue weighted by Gasteiger charge is 2.04. The largest absolute Gasteiger partial charge is 0.368 e. The van der Waals surface area contributed by atoms with E-state index < -0.39 is 0 Å². The van der Waals surface area contributed by atoms with Gasteiger partial charge in [0.2, 0.25) is 5.96 Å². The molecular formula is C9H11N5. The van der Waals surface area contributed by atoms with Gasteiger partial charge in [-0.15, -0.1) is 5.10 Å². The number of anilines is 1. The van der Waals surface area contributed by atoms with Crippen LogP contribution in [0.2, 0.25) is 0 Å². The van der Waals surface area contributed by atoms with Crippen LogP contribution in [0.15, 0.2) is 29.4 Å². The Morgan fingerprint density at radius 2 is 2.29 bits per heavy atom. The molecule has 1 aromatic carbocycles. The lowest BCUT2D eigenvalue weighted by atomic mass is 10.2. The summed E-state index contributed by atoms with van der Waals surface area (Å²) in [6.07, 6.45) is 0. The summed E-state index contributed by atoms with van der Waals surface area (Å²) in [5.41, 5.74) is 6.85. The van der Waals surface area contributed by atoms with Gasteiger partial charge in [-0.2, -0.15) is 5.26 Å². The van der Waals surface area contributed by atoms with Crippen molar-refractivity contribution >= 4 is 11.6 Å². The number of rotatable bonds is 1. The summed E-state index contributed by atoms with van der Waals surface area (Å²) in [5, 5.41) is 12.0. The van der Waals surface area contributed by atoms with E-state index in [4.69, 9.17) is 16.8 Å². The summed E-state index contributed by atoms with van der Waals surface area (Å²) >= 11 is 0. The first-order chi connectivity index (χ1) is 6.69. The van der Waals surface area contributed by atoms with E-state index in [0.29, 0.717) is 5.56 Å². The topological polar surface area (TPSA) is 91.4 Å². The van der Waals surface area contributed by atoms with E-state index in [2.05, 4.69) is 5.10 Å². The SMILES string of the molecule is CN(/C(N)=N/N)c1cccc(C#N)c1. The highest BCUT2D eigenvalue weighted by atomic mass is 15.3. The number of nitriles is 1. The molecule has 0 aliphatic heterocycles. The smallest absolute Gasteiger partial charge is 0.217 e. The Labute approximate surface area is 82.2 Å². The van der Waals surface area contributed by atoms with Crippen LogP contribution < -0.4 is 16.5 Å². The third-order valence-electron chi connectivity index (χ3n) is 1.84. The Bertz CT molecular complexity index is 390. The van der Waals surface area contributed by atoms with Crippen molar-refractivity contribution in [2.45, 2.75) is 0 Å². The quantitative estimate of drug-likeness (QED) is 0.285. The van der Waals surface area contributed by atoms with Crippen LogP contribution >= 0.6 is 0 Å². The van der Waals surface area contributed by atoms with Gasteiger partial charge in [0.25, 0.3) is 0 Å². The molecule has 0 aromatic heterocycles. The van der Waals surface area contributed by atoms with Crippen molar-refractivity contribution in [3.63, 3.8) is 0 Å². The van der Waals surface area contributed by atoms with Crippen LogP contribution in [0.5, 0.6) is 0 Å². The third-order valence-corrected chi connectivity index (χ3v) is 1.84. The van der Waals surface area contributed by atoms with Crippen molar-refractivity contribution in [3.8, 4) is 6.07 Å². The van der Waals surface area contributed by atoms with Crippen LogP contribution in [-0.2, 0) is 0 Å². The monoisotopic (exact) mass is 189 g/mol. The molecule has 0 saturated carbocycles. The summed E-state index contributed by atoms with van der Waals surface area (Å²) < 4.78 is 0. The van der Waals surface area contributed by atoms with Crippen molar-refractivity contribution < 1.29 is 0 Å². The number of benzene rings is 1. The van der Waals surface area contributed by atoms with Crippen LogP contribution in [0.3, 0.4) is 0 Å². The fraction of sp³-hybridized carbons (Fsp3) is 0.111. The Hall–Kier alpha value is -2.22. The predicted molar refractivity (Wildman–Crippen MR) is 55.4 cm³/mol. The van der Waals surface area contributed by atoms with Crippen LogP contribution in [0, 0.1) is 11.3 Å². The molecule has 0 atom stereocenters. The van der Waals surface area contributed by atoms with Crippen molar-refractivity contribution in [3.05, 3.63) is 29.8 Å². The van der Waals surface area contributed by atoms with Gasteiger partial charge in [0.05, 0.1) is 11.6 Å². The molecular weight excluding hydrogens is 178 g/mol. The van der Waals surface area contributed by atoms with Gasteiger partial charge in [0, 0.05) is 12.7 Å². The highest BCUT2D eigenvalue weighted by Crippen LogP contribution is 2.13. The molecule has 0 radical (unpaired) electrons. The highest BCUT2D eigenvalue weighted by molar-refractivity contribution is 5.94. The average Bonchev–Trinajstić information content (AvgIpc) is 2.27. The fourth-order valence-electron chi connectivity index (χ4n) is 1.00. The molecule has 0 bridgehead atoms. The Morgan fingerprint density at radius 3 is 2.86 bits per heavy atom. The van der Waals surface area contributed by atoms with Crippen LogP contribution in [0.1, 0.15) is 5.56 Å². The summed E-state index contributed by atoms with van der Waals surface area (Å²) in [6, 6.07) is 9.05. The lowest BCUT2D eigenvalue weighted by Gasteiger charge is -2.17. The standard InChI is InChI=1S/C9H11N5/c1-14(9(11)13-12)8-4-2-3-7(5-8)6-10/h2-5H,12H2,1H3,(H2,11,13). The van der Waals surface area contributed by atoms with Gasteiger partial charge < -0.3 is 16.5 Å². The molecule has 72 valence electrons. The molecule has 0 saturated heterocycles. The Balaban J connectivity index is 3.03. The van der Waals surface area contributed by atoms with Crippen molar-refractivity contribution in [1.29, 1.82) is 5.26 Å². The first kappa shape index (κ1) is 9.86. The molecule has 1 rings (SSSR count). The summed E-state index contributed by atoms with van der Waals surface area (Å²) in [4.78, 5) is 1.60. The van der Waals surface area contributed by atoms with Crippen LogP contribution in [0.25, 0.3) is 0 Å². The van der Waals surface area contributed by atoms with E-state index in [0.717, 1.165) is 5.69 Å². The van der Waals surface area contributed by atoms with Gasteiger partial charge in [0.15, 0.2) is 0 Å². The maximum Gasteiger partial charge on any atom is 0.217 e. The molecule has 0 spiro atoms. The van der Waals surface area contributed by atoms with Crippen LogP contribution in [-0.4, -0.2) is 13.0 Å². The van der Waals surface area contributed by atoms with Crippen molar-refractivity contribution in [2.24, 2.45) is 16.7 Å². The third kappa shape index (κ3) is 1.93. The lowest BCUT2D eigenvalue weighted by Crippen LogP contribution is -2.34. The zero-order chi connectivity index (χ0) is 10.6. The van der Waals surface area contributed by atoms with E-state index in [1.807, 2.05) is 12.1 Å². The molecule has 0 aliphatic rings. The number of guanidine groups is 1. The number of hydrazone groups is 1. The minimum atomic E-state index is 0.195. The van der Waals surface area contributed by atoms with Gasteiger partial charge in [-0.3, -0.25) is 0 Å². The second-order valence-electron chi connectivity index (χ2n) is 2.71. The van der Waals surface area contributed by atoms with E-state index in [1.54, 1.807) is 30.1 Å². The second kappa shape index (κ2) is 4.14. The summed E-state index contributed by atoms with van der Waals surface area (Å²) in [5.74, 6) is 5.23. The molecule has 1 aromatic rings. The zero-order valence-electron chi connectivity index (χ0n) is 7.81. The normalized spacial score (nSPS) is 10.7. The second-order valence-corrected chi connectivity index (χ2v) is 2.71. The molecule has 0 heterocycles.